The Labute approximate surface area is 323 Å². The molecule has 2 aromatic carbocycles. The van der Waals surface area contributed by atoms with Gasteiger partial charge in [-0.05, 0) is 99.9 Å². The summed E-state index contributed by atoms with van der Waals surface area (Å²) in [7, 11) is 2.26. The number of carbonyl (C=O) groups excluding carboxylic acids is 4. The molecular formula is C42H45N9O5. The zero-order valence-corrected chi connectivity index (χ0v) is 31.4. The second-order valence-electron chi connectivity index (χ2n) is 16.3. The average Bonchev–Trinajstić information content (AvgIpc) is 3.61. The Bertz CT molecular complexity index is 2390. The van der Waals surface area contributed by atoms with E-state index >= 15 is 0 Å². The van der Waals surface area contributed by atoms with Gasteiger partial charge >= 0.3 is 0 Å². The number of hydrogen-bond acceptors (Lipinski definition) is 9. The molecule has 2 saturated carbocycles. The van der Waals surface area contributed by atoms with E-state index in [1.165, 1.54) is 12.8 Å². The van der Waals surface area contributed by atoms with Gasteiger partial charge in [0.15, 0.2) is 5.65 Å². The number of likely N-dealkylation sites (N-methyl/N-ethyl adjacent to an activating group) is 1. The maximum Gasteiger partial charge on any atom is 0.261 e. The largest absolute Gasteiger partial charge is 0.491 e. The van der Waals surface area contributed by atoms with Crippen LogP contribution < -0.4 is 20.3 Å². The summed E-state index contributed by atoms with van der Waals surface area (Å²) in [6.07, 6.45) is 16.8. The fourth-order valence-electron chi connectivity index (χ4n) is 9.03. The number of amides is 4. The van der Waals surface area contributed by atoms with Crippen molar-refractivity contribution in [3.05, 3.63) is 84.1 Å². The normalized spacial score (nSPS) is 22.8. The van der Waals surface area contributed by atoms with Crippen LogP contribution in [0.15, 0.2) is 67.4 Å². The summed E-state index contributed by atoms with van der Waals surface area (Å²) in [5.41, 5.74) is 4.26. The van der Waals surface area contributed by atoms with Crippen LogP contribution in [0, 0.1) is 5.92 Å². The van der Waals surface area contributed by atoms with E-state index in [1.54, 1.807) is 34.1 Å². The lowest BCUT2D eigenvalue weighted by Crippen LogP contribution is -2.61. The molecule has 14 nitrogen and oxygen atoms in total. The topological polar surface area (TPSA) is 146 Å². The SMILES string of the molecule is CN(C1CCC(n2cc3cc(NC(=O)c4cnn5cccnc45)c(OCC4CC4)cc3c2)CC1)C1CN(c2ccc3c(c2)CN(C2CCC(=O)NC2=O)C3=O)C1. The van der Waals surface area contributed by atoms with Gasteiger partial charge in [-0.2, -0.15) is 5.10 Å². The number of nitrogens with zero attached hydrogens (tertiary/aromatic N) is 7. The van der Waals surface area contributed by atoms with Crippen LogP contribution in [-0.2, 0) is 16.1 Å². The van der Waals surface area contributed by atoms with E-state index in [9.17, 15) is 19.2 Å². The number of anilines is 2. The van der Waals surface area contributed by atoms with E-state index in [0.717, 1.165) is 60.8 Å². The van der Waals surface area contributed by atoms with Gasteiger partial charge in [-0.15, -0.1) is 0 Å². The quantitative estimate of drug-likeness (QED) is 0.192. The summed E-state index contributed by atoms with van der Waals surface area (Å²) in [6, 6.07) is 12.6. The number of fused-ring (bicyclic) bond motifs is 3. The van der Waals surface area contributed by atoms with E-state index in [-0.39, 0.29) is 30.0 Å². The van der Waals surface area contributed by atoms with Crippen LogP contribution in [0.2, 0.25) is 0 Å². The lowest BCUT2D eigenvalue weighted by atomic mass is 9.88. The van der Waals surface area contributed by atoms with Gasteiger partial charge in [-0.1, -0.05) is 0 Å². The Kier molecular flexibility index (Phi) is 8.53. The molecule has 10 rings (SSSR count). The molecule has 2 aliphatic carbocycles. The number of carbonyl (C=O) groups is 4. The van der Waals surface area contributed by atoms with Crippen molar-refractivity contribution in [1.29, 1.82) is 0 Å². The van der Waals surface area contributed by atoms with E-state index in [4.69, 9.17) is 4.74 Å². The van der Waals surface area contributed by atoms with Crippen LogP contribution in [-0.4, -0.2) is 97.5 Å². The molecule has 56 heavy (non-hydrogen) atoms. The molecular weight excluding hydrogens is 711 g/mol. The van der Waals surface area contributed by atoms with Gasteiger partial charge < -0.3 is 24.4 Å². The maximum atomic E-state index is 13.5. The average molecular weight is 756 g/mol. The van der Waals surface area contributed by atoms with Gasteiger partial charge in [0.1, 0.15) is 17.4 Å². The van der Waals surface area contributed by atoms with E-state index in [2.05, 4.69) is 66.7 Å². The van der Waals surface area contributed by atoms with Crippen LogP contribution in [0.25, 0.3) is 16.4 Å². The van der Waals surface area contributed by atoms with E-state index in [1.807, 2.05) is 18.2 Å². The first-order valence-electron chi connectivity index (χ1n) is 19.9. The third kappa shape index (κ3) is 6.35. The zero-order valence-electron chi connectivity index (χ0n) is 31.4. The number of aromatic nitrogens is 4. The van der Waals surface area contributed by atoms with E-state index < -0.39 is 6.04 Å². The van der Waals surface area contributed by atoms with Gasteiger partial charge in [0.2, 0.25) is 11.8 Å². The van der Waals surface area contributed by atoms with Crippen molar-refractivity contribution < 1.29 is 23.9 Å². The van der Waals surface area contributed by atoms with Crippen molar-refractivity contribution in [1.82, 2.24) is 34.3 Å². The number of hydrogen-bond donors (Lipinski definition) is 2. The highest BCUT2D eigenvalue weighted by atomic mass is 16.5. The van der Waals surface area contributed by atoms with Crippen molar-refractivity contribution in [3.63, 3.8) is 0 Å². The Morgan fingerprint density at radius 1 is 0.982 bits per heavy atom. The van der Waals surface area contributed by atoms with Crippen molar-refractivity contribution in [2.75, 3.05) is 37.0 Å². The second-order valence-corrected chi connectivity index (χ2v) is 16.3. The lowest BCUT2D eigenvalue weighted by molar-refractivity contribution is -0.136. The summed E-state index contributed by atoms with van der Waals surface area (Å²) in [5.74, 6) is 0.186. The predicted octanol–water partition coefficient (Wildman–Crippen LogP) is 4.79. The number of ether oxygens (including phenoxy) is 1. The second kappa shape index (κ2) is 13.8. The fraction of sp³-hybridized carbons (Fsp3) is 0.429. The molecule has 3 aliphatic heterocycles. The Morgan fingerprint density at radius 2 is 1.79 bits per heavy atom. The molecule has 288 valence electrons. The third-order valence-corrected chi connectivity index (χ3v) is 12.7. The number of rotatable bonds is 10. The summed E-state index contributed by atoms with van der Waals surface area (Å²) < 4.78 is 10.2. The summed E-state index contributed by atoms with van der Waals surface area (Å²) in [5, 5.41) is 11.9. The molecule has 2 N–H and O–H groups in total. The standard InChI is InChI=1S/C42H45N9O5/c1-47(32-22-49(23-32)31-9-10-33-28(15-31)21-50(42(33)55)36-11-12-38(52)46-41(36)54)29-5-7-30(8-6-29)48-19-26-16-35(37(17-27(26)20-48)56-24-25-3-4-25)45-40(53)34-18-44-51-14-2-13-43-39(34)51/h2,9-10,13-20,25,29-30,32,36H,3-8,11-12,21-24H2,1H3,(H,45,53)(H,46,52,54). The van der Waals surface area contributed by atoms with Gasteiger partial charge in [0, 0.05) is 91.0 Å². The monoisotopic (exact) mass is 755 g/mol. The molecule has 3 aromatic heterocycles. The van der Waals surface area contributed by atoms with Crippen LogP contribution in [0.3, 0.4) is 0 Å². The highest BCUT2D eigenvalue weighted by Crippen LogP contribution is 2.39. The van der Waals surface area contributed by atoms with Crippen molar-refractivity contribution in [2.24, 2.45) is 5.92 Å². The van der Waals surface area contributed by atoms with Crippen molar-refractivity contribution >= 4 is 51.4 Å². The van der Waals surface area contributed by atoms with Crippen LogP contribution in [0.5, 0.6) is 5.75 Å². The smallest absolute Gasteiger partial charge is 0.261 e. The Hall–Kier alpha value is -5.76. The molecule has 0 bridgehead atoms. The first-order chi connectivity index (χ1) is 27.3. The third-order valence-electron chi connectivity index (χ3n) is 12.7. The minimum atomic E-state index is -0.602. The van der Waals surface area contributed by atoms with Crippen molar-refractivity contribution in [3.8, 4) is 5.75 Å². The number of benzene rings is 2. The van der Waals surface area contributed by atoms with E-state index in [0.29, 0.717) is 71.8 Å². The highest BCUT2D eigenvalue weighted by molar-refractivity contribution is 6.10. The molecule has 5 aliphatic rings. The molecule has 6 heterocycles. The zero-order chi connectivity index (χ0) is 38.1. The first kappa shape index (κ1) is 34.7. The Balaban J connectivity index is 0.764. The molecule has 1 atom stereocenters. The molecule has 14 heteroatoms. The van der Waals surface area contributed by atoms with Gasteiger partial charge in [0.25, 0.3) is 11.8 Å². The molecule has 1 unspecified atom stereocenters. The van der Waals surface area contributed by atoms with Crippen LogP contribution in [0.1, 0.15) is 83.7 Å². The molecule has 0 spiro atoms. The molecule has 5 aromatic rings. The highest BCUT2D eigenvalue weighted by Gasteiger charge is 2.40. The number of imide groups is 1. The van der Waals surface area contributed by atoms with Gasteiger partial charge in [0.05, 0.1) is 18.5 Å². The van der Waals surface area contributed by atoms with Crippen LogP contribution in [0.4, 0.5) is 11.4 Å². The fourth-order valence-corrected chi connectivity index (χ4v) is 9.03. The minimum Gasteiger partial charge on any atom is -0.491 e. The minimum absolute atomic E-state index is 0.139. The van der Waals surface area contributed by atoms with Gasteiger partial charge in [-0.3, -0.25) is 29.4 Å². The molecule has 4 amide bonds. The predicted molar refractivity (Wildman–Crippen MR) is 209 cm³/mol. The molecule has 0 radical (unpaired) electrons. The van der Waals surface area contributed by atoms with Gasteiger partial charge in [-0.25, -0.2) is 9.50 Å². The maximum absolute atomic E-state index is 13.5. The van der Waals surface area contributed by atoms with Crippen LogP contribution >= 0.6 is 0 Å². The lowest BCUT2D eigenvalue weighted by Gasteiger charge is -2.49. The number of nitrogens with one attached hydrogen (secondary N) is 2. The molecule has 4 fully saturated rings. The summed E-state index contributed by atoms with van der Waals surface area (Å²) in [4.78, 5) is 61.6. The van der Waals surface area contributed by atoms with Crippen molar-refractivity contribution in [2.45, 2.75) is 82.1 Å². The number of piperidine rings is 1. The summed E-state index contributed by atoms with van der Waals surface area (Å²) >= 11 is 0. The summed E-state index contributed by atoms with van der Waals surface area (Å²) in [6.45, 7) is 2.89. The first-order valence-corrected chi connectivity index (χ1v) is 19.9. The molecule has 2 saturated heterocycles. The Morgan fingerprint density at radius 3 is 2.57 bits per heavy atom.